The van der Waals surface area contributed by atoms with E-state index in [4.69, 9.17) is 0 Å². The maximum atomic E-state index is 3.56. The molecule has 1 saturated heterocycles. The zero-order valence-corrected chi connectivity index (χ0v) is 10.5. The highest BCUT2D eigenvalue weighted by atomic mass is 15.2. The Morgan fingerprint density at radius 2 is 2.25 bits per heavy atom. The summed E-state index contributed by atoms with van der Waals surface area (Å²) >= 11 is 0. The minimum atomic E-state index is 0.586. The Morgan fingerprint density at radius 1 is 1.44 bits per heavy atom. The largest absolute Gasteiger partial charge is 0.366 e. The second-order valence-electron chi connectivity index (χ2n) is 4.86. The SMILES string of the molecule is CCC1CNC(C)CN1c1cccc(C)c1. The van der Waals surface area contributed by atoms with Crippen molar-refractivity contribution in [1.29, 1.82) is 0 Å². The molecule has 2 atom stereocenters. The molecular weight excluding hydrogens is 196 g/mol. The van der Waals surface area contributed by atoms with Crippen molar-refractivity contribution in [1.82, 2.24) is 5.32 Å². The molecule has 0 aliphatic carbocycles. The number of aryl methyl sites for hydroxylation is 1. The van der Waals surface area contributed by atoms with Gasteiger partial charge in [0, 0.05) is 30.9 Å². The first-order valence-corrected chi connectivity index (χ1v) is 6.27. The van der Waals surface area contributed by atoms with Gasteiger partial charge in [0.1, 0.15) is 0 Å². The summed E-state index contributed by atoms with van der Waals surface area (Å²) in [5, 5.41) is 3.56. The van der Waals surface area contributed by atoms with Gasteiger partial charge in [-0.05, 0) is 38.0 Å². The first kappa shape index (κ1) is 11.5. The molecule has 1 aliphatic heterocycles. The second kappa shape index (κ2) is 4.88. The smallest absolute Gasteiger partial charge is 0.0412 e. The summed E-state index contributed by atoms with van der Waals surface area (Å²) < 4.78 is 0. The van der Waals surface area contributed by atoms with Crippen LogP contribution in [0, 0.1) is 6.92 Å². The van der Waals surface area contributed by atoms with Crippen LogP contribution in [0.4, 0.5) is 5.69 Å². The van der Waals surface area contributed by atoms with Gasteiger partial charge in [0.05, 0.1) is 0 Å². The summed E-state index contributed by atoms with van der Waals surface area (Å²) in [5.74, 6) is 0. The lowest BCUT2D eigenvalue weighted by molar-refractivity contribution is 0.402. The molecule has 2 unspecified atom stereocenters. The predicted octanol–water partition coefficient (Wildman–Crippen LogP) is 2.57. The van der Waals surface area contributed by atoms with Crippen molar-refractivity contribution < 1.29 is 0 Å². The standard InChI is InChI=1S/C14H22N2/c1-4-13-9-15-12(3)10-16(13)14-7-5-6-11(2)8-14/h5-8,12-13,15H,4,9-10H2,1-3H3. The van der Waals surface area contributed by atoms with Crippen LogP contribution in [0.5, 0.6) is 0 Å². The molecule has 88 valence electrons. The Balaban J connectivity index is 2.22. The van der Waals surface area contributed by atoms with Gasteiger partial charge in [0.15, 0.2) is 0 Å². The average molecular weight is 218 g/mol. The quantitative estimate of drug-likeness (QED) is 0.820. The highest BCUT2D eigenvalue weighted by Gasteiger charge is 2.24. The lowest BCUT2D eigenvalue weighted by Gasteiger charge is -2.40. The van der Waals surface area contributed by atoms with Gasteiger partial charge in [-0.2, -0.15) is 0 Å². The minimum Gasteiger partial charge on any atom is -0.366 e. The first-order chi connectivity index (χ1) is 7.70. The van der Waals surface area contributed by atoms with E-state index < -0.39 is 0 Å². The monoisotopic (exact) mass is 218 g/mol. The Kier molecular flexibility index (Phi) is 3.49. The van der Waals surface area contributed by atoms with Gasteiger partial charge in [0.25, 0.3) is 0 Å². The fourth-order valence-electron chi connectivity index (χ4n) is 2.44. The van der Waals surface area contributed by atoms with E-state index in [2.05, 4.69) is 55.3 Å². The van der Waals surface area contributed by atoms with Crippen LogP contribution in [0.2, 0.25) is 0 Å². The van der Waals surface area contributed by atoms with Crippen LogP contribution in [0.25, 0.3) is 0 Å². The molecule has 0 spiro atoms. The number of hydrogen-bond acceptors (Lipinski definition) is 2. The number of nitrogens with zero attached hydrogens (tertiary/aromatic N) is 1. The summed E-state index contributed by atoms with van der Waals surface area (Å²) in [6.07, 6.45) is 1.20. The Bertz CT molecular complexity index is 348. The maximum Gasteiger partial charge on any atom is 0.0412 e. The van der Waals surface area contributed by atoms with Crippen LogP contribution in [0.15, 0.2) is 24.3 Å². The van der Waals surface area contributed by atoms with Gasteiger partial charge in [-0.3, -0.25) is 0 Å². The van der Waals surface area contributed by atoms with Crippen LogP contribution in [-0.2, 0) is 0 Å². The predicted molar refractivity (Wildman–Crippen MR) is 70.1 cm³/mol. The molecule has 1 N–H and O–H groups in total. The molecule has 1 aromatic carbocycles. The highest BCUT2D eigenvalue weighted by Crippen LogP contribution is 2.22. The van der Waals surface area contributed by atoms with E-state index >= 15 is 0 Å². The van der Waals surface area contributed by atoms with E-state index in [9.17, 15) is 0 Å². The van der Waals surface area contributed by atoms with E-state index in [0.717, 1.165) is 13.1 Å². The zero-order chi connectivity index (χ0) is 11.5. The third-order valence-electron chi connectivity index (χ3n) is 3.42. The number of hydrogen-bond donors (Lipinski definition) is 1. The first-order valence-electron chi connectivity index (χ1n) is 6.27. The topological polar surface area (TPSA) is 15.3 Å². The number of benzene rings is 1. The molecule has 0 radical (unpaired) electrons. The van der Waals surface area contributed by atoms with Crippen molar-refractivity contribution in [3.63, 3.8) is 0 Å². The van der Waals surface area contributed by atoms with Gasteiger partial charge in [-0.1, -0.05) is 19.1 Å². The molecule has 1 aromatic rings. The fraction of sp³-hybridized carbons (Fsp3) is 0.571. The van der Waals surface area contributed by atoms with E-state index in [-0.39, 0.29) is 0 Å². The minimum absolute atomic E-state index is 0.586. The summed E-state index contributed by atoms with van der Waals surface area (Å²) in [5.41, 5.74) is 2.72. The Hall–Kier alpha value is -1.02. The van der Waals surface area contributed by atoms with Crippen molar-refractivity contribution in [2.24, 2.45) is 0 Å². The van der Waals surface area contributed by atoms with Gasteiger partial charge in [0.2, 0.25) is 0 Å². The van der Waals surface area contributed by atoms with E-state index in [1.54, 1.807) is 0 Å². The lowest BCUT2D eigenvalue weighted by Crippen LogP contribution is -2.55. The van der Waals surface area contributed by atoms with Gasteiger partial charge in [-0.15, -0.1) is 0 Å². The van der Waals surface area contributed by atoms with Crippen molar-refractivity contribution in [2.75, 3.05) is 18.0 Å². The van der Waals surface area contributed by atoms with Gasteiger partial charge in [-0.25, -0.2) is 0 Å². The van der Waals surface area contributed by atoms with E-state index in [1.165, 1.54) is 17.7 Å². The molecule has 1 fully saturated rings. The summed E-state index contributed by atoms with van der Waals surface area (Å²) in [7, 11) is 0. The lowest BCUT2D eigenvalue weighted by atomic mass is 10.1. The number of piperazine rings is 1. The summed E-state index contributed by atoms with van der Waals surface area (Å²) in [4.78, 5) is 2.55. The zero-order valence-electron chi connectivity index (χ0n) is 10.5. The Labute approximate surface area is 98.7 Å². The number of rotatable bonds is 2. The van der Waals surface area contributed by atoms with Crippen LogP contribution in [0.1, 0.15) is 25.8 Å². The third kappa shape index (κ3) is 2.38. The van der Waals surface area contributed by atoms with E-state index in [0.29, 0.717) is 12.1 Å². The fourth-order valence-corrected chi connectivity index (χ4v) is 2.44. The van der Waals surface area contributed by atoms with Gasteiger partial charge >= 0.3 is 0 Å². The molecule has 16 heavy (non-hydrogen) atoms. The average Bonchev–Trinajstić information content (AvgIpc) is 2.29. The highest BCUT2D eigenvalue weighted by molar-refractivity contribution is 5.50. The molecule has 1 heterocycles. The van der Waals surface area contributed by atoms with Crippen LogP contribution in [-0.4, -0.2) is 25.2 Å². The van der Waals surface area contributed by atoms with Gasteiger partial charge < -0.3 is 10.2 Å². The molecule has 0 bridgehead atoms. The number of nitrogens with one attached hydrogen (secondary N) is 1. The van der Waals surface area contributed by atoms with Crippen molar-refractivity contribution in [3.8, 4) is 0 Å². The molecule has 0 saturated carbocycles. The van der Waals surface area contributed by atoms with Crippen LogP contribution in [0.3, 0.4) is 0 Å². The summed E-state index contributed by atoms with van der Waals surface area (Å²) in [6, 6.07) is 10.1. The van der Waals surface area contributed by atoms with Crippen LogP contribution >= 0.6 is 0 Å². The van der Waals surface area contributed by atoms with Crippen molar-refractivity contribution in [3.05, 3.63) is 29.8 Å². The van der Waals surface area contributed by atoms with Crippen molar-refractivity contribution in [2.45, 2.75) is 39.3 Å². The molecular formula is C14H22N2. The second-order valence-corrected chi connectivity index (χ2v) is 4.86. The molecule has 2 nitrogen and oxygen atoms in total. The molecule has 0 amide bonds. The maximum absolute atomic E-state index is 3.56. The third-order valence-corrected chi connectivity index (χ3v) is 3.42. The Morgan fingerprint density at radius 3 is 2.94 bits per heavy atom. The number of anilines is 1. The molecule has 1 aliphatic rings. The molecule has 2 heteroatoms. The summed E-state index contributed by atoms with van der Waals surface area (Å²) in [6.45, 7) is 8.91. The molecule has 0 aromatic heterocycles. The van der Waals surface area contributed by atoms with E-state index in [1.807, 2.05) is 0 Å². The van der Waals surface area contributed by atoms with Crippen LogP contribution < -0.4 is 10.2 Å². The molecule has 2 rings (SSSR count). The normalized spacial score (nSPS) is 25.8. The van der Waals surface area contributed by atoms with Crippen molar-refractivity contribution >= 4 is 5.69 Å².